The highest BCUT2D eigenvalue weighted by Crippen LogP contribution is 2.45. The lowest BCUT2D eigenvalue weighted by atomic mass is 9.81. The van der Waals surface area contributed by atoms with Crippen LogP contribution in [-0.2, 0) is 18.3 Å². The Balaban J connectivity index is 1.58. The Kier molecular flexibility index (Phi) is 7.23. The van der Waals surface area contributed by atoms with Gasteiger partial charge in [-0.2, -0.15) is 13.2 Å². The van der Waals surface area contributed by atoms with Crippen LogP contribution in [0.2, 0.25) is 0 Å². The fourth-order valence-electron chi connectivity index (χ4n) is 5.38. The first-order chi connectivity index (χ1) is 17.0. The van der Waals surface area contributed by atoms with Gasteiger partial charge in [-0.25, -0.2) is 8.78 Å². The van der Waals surface area contributed by atoms with Crippen molar-refractivity contribution in [2.45, 2.75) is 57.5 Å². The number of likely N-dealkylation sites (tertiary alicyclic amines) is 1. The second-order valence-corrected chi connectivity index (χ2v) is 9.45. The van der Waals surface area contributed by atoms with E-state index in [-0.39, 0.29) is 51.0 Å². The molecular formula is C25H30F5N3O3. The molecule has 11 heteroatoms. The molecule has 0 N–H and O–H groups in total. The molecule has 2 aliphatic rings. The molecule has 2 aliphatic heterocycles. The molecule has 0 atom stereocenters. The van der Waals surface area contributed by atoms with Crippen molar-refractivity contribution in [2.75, 3.05) is 33.3 Å². The predicted octanol–water partition coefficient (Wildman–Crippen LogP) is 5.01. The number of hydrogen-bond acceptors (Lipinski definition) is 4. The highest BCUT2D eigenvalue weighted by molar-refractivity contribution is 5.95. The van der Waals surface area contributed by atoms with E-state index in [1.54, 1.807) is 28.0 Å². The van der Waals surface area contributed by atoms with Crippen molar-refractivity contribution in [2.24, 2.45) is 0 Å². The van der Waals surface area contributed by atoms with Crippen molar-refractivity contribution in [1.29, 1.82) is 0 Å². The maximum atomic E-state index is 13.6. The minimum Gasteiger partial charge on any atom is -0.493 e. The van der Waals surface area contributed by atoms with E-state index < -0.39 is 30.4 Å². The SMILES string of the molecule is COc1cc(C(=O)N2CCC3(CC2)c2ccc(C(F)(F)F)n2CCN3CC(F)F)ccc1OC(C)C. The molecule has 1 saturated heterocycles. The molecule has 0 unspecified atom stereocenters. The molecule has 1 amide bonds. The highest BCUT2D eigenvalue weighted by Gasteiger charge is 2.49. The number of aromatic nitrogens is 1. The lowest BCUT2D eigenvalue weighted by Gasteiger charge is -2.52. The van der Waals surface area contributed by atoms with Crippen LogP contribution in [0.1, 0.15) is 48.4 Å². The first-order valence-corrected chi connectivity index (χ1v) is 11.9. The molecule has 36 heavy (non-hydrogen) atoms. The van der Waals surface area contributed by atoms with Crippen LogP contribution in [0.4, 0.5) is 22.0 Å². The Morgan fingerprint density at radius 1 is 1.03 bits per heavy atom. The summed E-state index contributed by atoms with van der Waals surface area (Å²) < 4.78 is 79.8. The average Bonchev–Trinajstić information content (AvgIpc) is 3.27. The minimum absolute atomic E-state index is 0.0150. The van der Waals surface area contributed by atoms with E-state index in [0.717, 1.165) is 6.07 Å². The standard InChI is InChI=1S/C25H30F5N3O3/c1-16(2)36-18-5-4-17(14-19(18)35-3)23(34)31-10-8-24(9-11-31)20-6-7-21(25(28,29)30)33(20)13-12-32(24)15-22(26)27/h4-7,14,16,22H,8-13,15H2,1-3H3. The normalized spacial score (nSPS) is 18.1. The number of alkyl halides is 5. The third-order valence-corrected chi connectivity index (χ3v) is 6.96. The van der Waals surface area contributed by atoms with Gasteiger partial charge < -0.3 is 18.9 Å². The van der Waals surface area contributed by atoms with Gasteiger partial charge in [0.25, 0.3) is 12.3 Å². The van der Waals surface area contributed by atoms with Crippen LogP contribution < -0.4 is 9.47 Å². The van der Waals surface area contributed by atoms with Gasteiger partial charge in [0.1, 0.15) is 5.69 Å². The molecule has 0 saturated carbocycles. The van der Waals surface area contributed by atoms with Crippen molar-refractivity contribution in [3.63, 3.8) is 0 Å². The number of amides is 1. The van der Waals surface area contributed by atoms with Gasteiger partial charge in [0, 0.05) is 37.4 Å². The van der Waals surface area contributed by atoms with Gasteiger partial charge in [0.15, 0.2) is 11.5 Å². The van der Waals surface area contributed by atoms with Gasteiger partial charge in [-0.3, -0.25) is 9.69 Å². The summed E-state index contributed by atoms with van der Waals surface area (Å²) in [6.45, 7) is 3.72. The fourth-order valence-corrected chi connectivity index (χ4v) is 5.38. The molecule has 1 aromatic carbocycles. The maximum Gasteiger partial charge on any atom is 0.431 e. The number of ether oxygens (including phenoxy) is 2. The number of benzene rings is 1. The van der Waals surface area contributed by atoms with Crippen LogP contribution >= 0.6 is 0 Å². The average molecular weight is 516 g/mol. The van der Waals surface area contributed by atoms with E-state index in [9.17, 15) is 26.7 Å². The molecule has 2 aromatic rings. The van der Waals surface area contributed by atoms with Gasteiger partial charge >= 0.3 is 6.18 Å². The van der Waals surface area contributed by atoms with E-state index in [2.05, 4.69) is 0 Å². The summed E-state index contributed by atoms with van der Waals surface area (Å²) in [5.41, 5.74) is -1.01. The zero-order valence-corrected chi connectivity index (χ0v) is 20.4. The highest BCUT2D eigenvalue weighted by atomic mass is 19.4. The molecule has 0 radical (unpaired) electrons. The van der Waals surface area contributed by atoms with Crippen molar-refractivity contribution in [3.05, 3.63) is 47.3 Å². The summed E-state index contributed by atoms with van der Waals surface area (Å²) in [7, 11) is 1.48. The topological polar surface area (TPSA) is 46.9 Å². The van der Waals surface area contributed by atoms with Crippen LogP contribution in [0.5, 0.6) is 11.5 Å². The minimum atomic E-state index is -4.54. The van der Waals surface area contributed by atoms with Crippen molar-refractivity contribution in [3.8, 4) is 11.5 Å². The van der Waals surface area contributed by atoms with Gasteiger partial charge in [0.2, 0.25) is 0 Å². The molecule has 3 heterocycles. The van der Waals surface area contributed by atoms with Crippen LogP contribution in [0.3, 0.4) is 0 Å². The number of halogens is 5. The first kappa shape index (κ1) is 26.2. The van der Waals surface area contributed by atoms with E-state index in [1.807, 2.05) is 13.8 Å². The number of piperidine rings is 1. The molecule has 198 valence electrons. The lowest BCUT2D eigenvalue weighted by molar-refractivity contribution is -0.145. The molecule has 4 rings (SSSR count). The Morgan fingerprint density at radius 3 is 2.31 bits per heavy atom. The summed E-state index contributed by atoms with van der Waals surface area (Å²) in [6, 6.07) is 7.31. The quantitative estimate of drug-likeness (QED) is 0.508. The summed E-state index contributed by atoms with van der Waals surface area (Å²) in [5, 5.41) is 0. The Labute approximate surface area is 206 Å². The third kappa shape index (κ3) is 4.89. The largest absolute Gasteiger partial charge is 0.493 e. The van der Waals surface area contributed by atoms with Gasteiger partial charge in [-0.1, -0.05) is 0 Å². The number of rotatable bonds is 6. The van der Waals surface area contributed by atoms with E-state index in [1.165, 1.54) is 17.7 Å². The van der Waals surface area contributed by atoms with Crippen LogP contribution in [0.25, 0.3) is 0 Å². The predicted molar refractivity (Wildman–Crippen MR) is 123 cm³/mol. The number of carbonyl (C=O) groups is 1. The molecule has 1 fully saturated rings. The fraction of sp³-hybridized carbons (Fsp3) is 0.560. The smallest absolute Gasteiger partial charge is 0.431 e. The van der Waals surface area contributed by atoms with Gasteiger partial charge in [-0.05, 0) is 57.0 Å². The van der Waals surface area contributed by atoms with Crippen molar-refractivity contribution < 1.29 is 36.2 Å². The number of hydrogen-bond donors (Lipinski definition) is 0. The number of nitrogens with zero attached hydrogens (tertiary/aromatic N) is 3. The second kappa shape index (κ2) is 9.91. The van der Waals surface area contributed by atoms with E-state index >= 15 is 0 Å². The van der Waals surface area contributed by atoms with E-state index in [0.29, 0.717) is 22.8 Å². The van der Waals surface area contributed by atoms with Crippen molar-refractivity contribution in [1.82, 2.24) is 14.4 Å². The van der Waals surface area contributed by atoms with Crippen LogP contribution in [0.15, 0.2) is 30.3 Å². The Morgan fingerprint density at radius 2 is 1.72 bits per heavy atom. The van der Waals surface area contributed by atoms with Crippen LogP contribution in [0, 0.1) is 0 Å². The number of carbonyl (C=O) groups excluding carboxylic acids is 1. The summed E-state index contributed by atoms with van der Waals surface area (Å²) in [5.74, 6) is 0.658. The molecule has 0 bridgehead atoms. The van der Waals surface area contributed by atoms with Gasteiger partial charge in [0.05, 0.1) is 25.3 Å². The molecular weight excluding hydrogens is 485 g/mol. The first-order valence-electron chi connectivity index (χ1n) is 11.9. The van der Waals surface area contributed by atoms with Gasteiger partial charge in [-0.15, -0.1) is 0 Å². The lowest BCUT2D eigenvalue weighted by Crippen LogP contribution is -2.59. The Hall–Kier alpha value is -2.82. The maximum absolute atomic E-state index is 13.6. The zero-order chi connectivity index (χ0) is 26.3. The summed E-state index contributed by atoms with van der Waals surface area (Å²) >= 11 is 0. The van der Waals surface area contributed by atoms with Crippen LogP contribution in [-0.4, -0.2) is 66.1 Å². The monoisotopic (exact) mass is 515 g/mol. The summed E-state index contributed by atoms with van der Waals surface area (Å²) in [4.78, 5) is 16.5. The summed E-state index contributed by atoms with van der Waals surface area (Å²) in [6.07, 6.45) is -6.74. The Bertz CT molecular complexity index is 1090. The zero-order valence-electron chi connectivity index (χ0n) is 20.4. The molecule has 6 nitrogen and oxygen atoms in total. The van der Waals surface area contributed by atoms with E-state index in [4.69, 9.17) is 9.47 Å². The molecule has 0 aliphatic carbocycles. The third-order valence-electron chi connectivity index (χ3n) is 6.96. The number of methoxy groups -OCH3 is 1. The van der Waals surface area contributed by atoms with Crippen molar-refractivity contribution >= 4 is 5.91 Å². The second-order valence-electron chi connectivity index (χ2n) is 9.45. The number of fused-ring (bicyclic) bond motifs is 2. The molecule has 1 aromatic heterocycles. The molecule has 1 spiro atoms.